The van der Waals surface area contributed by atoms with Crippen molar-refractivity contribution >= 4 is 21.8 Å². The Morgan fingerprint density at radius 3 is 1.23 bits per heavy atom. The number of rotatable bonds is 8. The van der Waals surface area contributed by atoms with Crippen LogP contribution in [0.25, 0.3) is 107 Å². The molecule has 0 unspecified atom stereocenters. The molecule has 7 aromatic carbocycles. The number of aromatic nitrogens is 8. The molecule has 11 aromatic rings. The van der Waals surface area contributed by atoms with Crippen LogP contribution < -0.4 is 0 Å². The molecule has 0 atom stereocenters. The molecule has 0 spiro atoms. The second-order valence-corrected chi connectivity index (χ2v) is 14.6. The molecule has 61 heavy (non-hydrogen) atoms. The average molecular weight is 783 g/mol. The van der Waals surface area contributed by atoms with Crippen LogP contribution in [0.2, 0.25) is 0 Å². The standard InChI is InChI=1S/C53H34N8/c1-5-15-36(16-6-1)48-55-49(37-17-7-2-8-18-37)58-52(57-48)41-26-28-46-44(33-41)42-23-13-14-24-45(42)61(46)47-34-40(35-29-31-54-32-30-35)25-27-43(47)53-59-50(38-19-9-3-10-20-38)56-51(60-53)39-21-11-4-12-22-39/h1-34H. The van der Waals surface area contributed by atoms with Gasteiger partial charge in [-0.2, -0.15) is 0 Å². The van der Waals surface area contributed by atoms with Crippen molar-refractivity contribution in [2.45, 2.75) is 0 Å². The van der Waals surface area contributed by atoms with E-state index in [1.807, 2.05) is 146 Å². The second-order valence-electron chi connectivity index (χ2n) is 14.6. The van der Waals surface area contributed by atoms with E-state index in [1.54, 1.807) is 0 Å². The molecule has 0 amide bonds. The van der Waals surface area contributed by atoms with Crippen molar-refractivity contribution in [1.82, 2.24) is 39.5 Å². The molecular formula is C53H34N8. The first-order valence-electron chi connectivity index (χ1n) is 20.1. The molecule has 0 fully saturated rings. The SMILES string of the molecule is c1ccc(-c2nc(-c3ccccc3)nc(-c3ccc4c(c3)c3ccccc3n4-c3cc(-c4ccncc4)ccc3-c3nc(-c4ccccc4)nc(-c4ccccc4)n3)n2)cc1. The zero-order valence-corrected chi connectivity index (χ0v) is 32.7. The van der Waals surface area contributed by atoms with Gasteiger partial charge in [0.05, 0.1) is 16.7 Å². The number of nitrogens with zero attached hydrogens (tertiary/aromatic N) is 8. The fourth-order valence-corrected chi connectivity index (χ4v) is 7.87. The number of hydrogen-bond acceptors (Lipinski definition) is 7. The molecule has 286 valence electrons. The molecule has 11 rings (SSSR count). The molecule has 8 nitrogen and oxygen atoms in total. The fourth-order valence-electron chi connectivity index (χ4n) is 7.87. The summed E-state index contributed by atoms with van der Waals surface area (Å²) in [6, 6.07) is 65.8. The summed E-state index contributed by atoms with van der Waals surface area (Å²) in [5.74, 6) is 3.60. The summed E-state index contributed by atoms with van der Waals surface area (Å²) in [5, 5.41) is 2.15. The first-order valence-corrected chi connectivity index (χ1v) is 20.1. The lowest BCUT2D eigenvalue weighted by atomic mass is 10.0. The molecule has 0 bridgehead atoms. The fraction of sp³-hybridized carbons (Fsp3) is 0. The van der Waals surface area contributed by atoms with Crippen molar-refractivity contribution < 1.29 is 0 Å². The van der Waals surface area contributed by atoms with E-state index < -0.39 is 0 Å². The van der Waals surface area contributed by atoms with Crippen LogP contribution in [0.3, 0.4) is 0 Å². The van der Waals surface area contributed by atoms with Gasteiger partial charge in [-0.3, -0.25) is 4.98 Å². The van der Waals surface area contributed by atoms with Gasteiger partial charge in [-0.1, -0.05) is 146 Å². The number of hydrogen-bond donors (Lipinski definition) is 0. The summed E-state index contributed by atoms with van der Waals surface area (Å²) in [5.41, 5.74) is 10.5. The first-order chi connectivity index (χ1) is 30.2. The summed E-state index contributed by atoms with van der Waals surface area (Å²) in [7, 11) is 0. The van der Waals surface area contributed by atoms with Crippen molar-refractivity contribution in [3.05, 3.63) is 207 Å². The predicted molar refractivity (Wildman–Crippen MR) is 243 cm³/mol. The minimum atomic E-state index is 0.568. The Bertz CT molecular complexity index is 3220. The van der Waals surface area contributed by atoms with Gasteiger partial charge in [0.1, 0.15) is 0 Å². The molecule has 8 heteroatoms. The number of para-hydroxylation sites is 1. The molecule has 0 saturated carbocycles. The molecule has 0 N–H and O–H groups in total. The zero-order chi connectivity index (χ0) is 40.5. The first kappa shape index (κ1) is 35.7. The van der Waals surface area contributed by atoms with E-state index in [0.29, 0.717) is 34.9 Å². The van der Waals surface area contributed by atoms with Gasteiger partial charge in [0.2, 0.25) is 0 Å². The topological polar surface area (TPSA) is 95.2 Å². The van der Waals surface area contributed by atoms with Crippen LogP contribution in [0.4, 0.5) is 0 Å². The van der Waals surface area contributed by atoms with Gasteiger partial charge in [-0.25, -0.2) is 29.9 Å². The van der Waals surface area contributed by atoms with Crippen LogP contribution in [-0.4, -0.2) is 39.5 Å². The lowest BCUT2D eigenvalue weighted by Crippen LogP contribution is -2.04. The largest absolute Gasteiger partial charge is 0.308 e. The maximum atomic E-state index is 5.18. The van der Waals surface area contributed by atoms with Gasteiger partial charge in [0, 0.05) is 56.5 Å². The monoisotopic (exact) mass is 782 g/mol. The normalized spacial score (nSPS) is 11.3. The van der Waals surface area contributed by atoms with E-state index in [4.69, 9.17) is 29.9 Å². The number of benzene rings is 7. The maximum absolute atomic E-state index is 5.18. The van der Waals surface area contributed by atoms with E-state index in [9.17, 15) is 0 Å². The van der Waals surface area contributed by atoms with Crippen LogP contribution in [0.1, 0.15) is 0 Å². The summed E-state index contributed by atoms with van der Waals surface area (Å²) in [6.45, 7) is 0. The quantitative estimate of drug-likeness (QED) is 0.151. The Morgan fingerprint density at radius 2 is 0.705 bits per heavy atom. The van der Waals surface area contributed by atoms with Crippen molar-refractivity contribution in [3.63, 3.8) is 0 Å². The molecule has 0 radical (unpaired) electrons. The predicted octanol–water partition coefficient (Wildman–Crippen LogP) is 12.2. The van der Waals surface area contributed by atoms with E-state index >= 15 is 0 Å². The molecule has 4 aromatic heterocycles. The van der Waals surface area contributed by atoms with E-state index in [-0.39, 0.29) is 0 Å². The highest BCUT2D eigenvalue weighted by Crippen LogP contribution is 2.39. The van der Waals surface area contributed by atoms with Crippen LogP contribution in [0, 0.1) is 0 Å². The average Bonchev–Trinajstić information content (AvgIpc) is 3.68. The van der Waals surface area contributed by atoms with E-state index in [2.05, 4.69) is 70.2 Å². The molecule has 0 saturated heterocycles. The molecule has 0 aliphatic heterocycles. The highest BCUT2D eigenvalue weighted by atomic mass is 15.1. The highest BCUT2D eigenvalue weighted by Gasteiger charge is 2.21. The van der Waals surface area contributed by atoms with Gasteiger partial charge in [-0.15, -0.1) is 0 Å². The summed E-state index contributed by atoms with van der Waals surface area (Å²) in [4.78, 5) is 34.7. The van der Waals surface area contributed by atoms with Gasteiger partial charge >= 0.3 is 0 Å². The summed E-state index contributed by atoms with van der Waals surface area (Å²) >= 11 is 0. The van der Waals surface area contributed by atoms with Gasteiger partial charge in [-0.05, 0) is 59.7 Å². The van der Waals surface area contributed by atoms with Crippen molar-refractivity contribution in [2.24, 2.45) is 0 Å². The van der Waals surface area contributed by atoms with Gasteiger partial charge in [0.25, 0.3) is 0 Å². The Hall–Kier alpha value is -8.49. The van der Waals surface area contributed by atoms with Crippen molar-refractivity contribution in [1.29, 1.82) is 0 Å². The lowest BCUT2D eigenvalue weighted by Gasteiger charge is -2.16. The molecule has 0 aliphatic rings. The third kappa shape index (κ3) is 6.78. The Labute approximate surface area is 351 Å². The third-order valence-electron chi connectivity index (χ3n) is 10.8. The third-order valence-corrected chi connectivity index (χ3v) is 10.8. The zero-order valence-electron chi connectivity index (χ0n) is 32.7. The van der Waals surface area contributed by atoms with Crippen molar-refractivity contribution in [2.75, 3.05) is 0 Å². The summed E-state index contributed by atoms with van der Waals surface area (Å²) in [6.07, 6.45) is 3.64. The van der Waals surface area contributed by atoms with Crippen LogP contribution in [0.15, 0.2) is 207 Å². The van der Waals surface area contributed by atoms with Gasteiger partial charge < -0.3 is 4.57 Å². The molecular weight excluding hydrogens is 749 g/mol. The van der Waals surface area contributed by atoms with Gasteiger partial charge in [0.15, 0.2) is 34.9 Å². The Morgan fingerprint density at radius 1 is 0.279 bits per heavy atom. The van der Waals surface area contributed by atoms with Crippen LogP contribution >= 0.6 is 0 Å². The van der Waals surface area contributed by atoms with Crippen LogP contribution in [0.5, 0.6) is 0 Å². The maximum Gasteiger partial charge on any atom is 0.166 e. The van der Waals surface area contributed by atoms with E-state index in [0.717, 1.165) is 72.0 Å². The van der Waals surface area contributed by atoms with E-state index in [1.165, 1.54) is 0 Å². The van der Waals surface area contributed by atoms with Crippen molar-refractivity contribution in [3.8, 4) is 85.1 Å². The Balaban J connectivity index is 1.15. The second kappa shape index (κ2) is 15.4. The Kier molecular flexibility index (Phi) is 8.98. The van der Waals surface area contributed by atoms with Crippen LogP contribution in [-0.2, 0) is 0 Å². The molecule has 4 heterocycles. The highest BCUT2D eigenvalue weighted by molar-refractivity contribution is 6.11. The lowest BCUT2D eigenvalue weighted by molar-refractivity contribution is 1.06. The number of pyridine rings is 1. The number of fused-ring (bicyclic) bond motifs is 3. The smallest absolute Gasteiger partial charge is 0.166 e. The minimum absolute atomic E-state index is 0.568. The summed E-state index contributed by atoms with van der Waals surface area (Å²) < 4.78 is 2.32. The molecule has 0 aliphatic carbocycles. The minimum Gasteiger partial charge on any atom is -0.308 e.